The third kappa shape index (κ3) is 18.4. The fourth-order valence-corrected chi connectivity index (χ4v) is 5.28. The lowest BCUT2D eigenvalue weighted by Crippen LogP contribution is -2.61. The van der Waals surface area contributed by atoms with Crippen LogP contribution in [-0.2, 0) is 14.3 Å². The minimum atomic E-state index is -2.42. The highest BCUT2D eigenvalue weighted by Crippen LogP contribution is 2.19. The molecule has 0 aromatic heterocycles. The second-order valence-electron chi connectivity index (χ2n) is 14.1. The number of amides is 2. The summed E-state index contributed by atoms with van der Waals surface area (Å²) in [5.41, 5.74) is -2.08. The highest BCUT2D eigenvalue weighted by atomic mass is 16.6. The second-order valence-corrected chi connectivity index (χ2v) is 14.1. The van der Waals surface area contributed by atoms with Gasteiger partial charge >= 0.3 is 5.97 Å². The fourth-order valence-electron chi connectivity index (χ4n) is 5.28. The van der Waals surface area contributed by atoms with Gasteiger partial charge in [-0.05, 0) is 65.3 Å². The van der Waals surface area contributed by atoms with Gasteiger partial charge in [-0.25, -0.2) is 4.79 Å². The molecule has 0 radical (unpaired) electrons. The van der Waals surface area contributed by atoms with E-state index in [1.807, 2.05) is 0 Å². The van der Waals surface area contributed by atoms with Crippen molar-refractivity contribution < 1.29 is 34.4 Å². The van der Waals surface area contributed by atoms with E-state index in [1.54, 1.807) is 52.0 Å². The molecule has 0 fully saturated rings. The number of carbonyl (C=O) groups is 3. The Kier molecular flexibility index (Phi) is 20.5. The smallest absolute Gasteiger partial charge is 0.338 e. The van der Waals surface area contributed by atoms with Crippen molar-refractivity contribution in [1.29, 1.82) is 0 Å². The molecule has 0 saturated heterocycles. The Morgan fingerprint density at radius 3 is 1.57 bits per heavy atom. The van der Waals surface area contributed by atoms with Gasteiger partial charge in [0.05, 0.1) is 11.7 Å². The summed E-state index contributed by atoms with van der Waals surface area (Å²) in [6, 6.07) is 6.45. The molecule has 0 saturated carbocycles. The lowest BCUT2D eigenvalue weighted by Gasteiger charge is -2.32. The van der Waals surface area contributed by atoms with E-state index in [9.17, 15) is 29.7 Å². The highest BCUT2D eigenvalue weighted by molar-refractivity contribution is 5.90. The van der Waals surface area contributed by atoms with Crippen LogP contribution in [-0.4, -0.2) is 69.2 Å². The zero-order valence-electron chi connectivity index (χ0n) is 30.0. The van der Waals surface area contributed by atoms with E-state index in [4.69, 9.17) is 4.74 Å². The van der Waals surface area contributed by atoms with Crippen LogP contribution in [0.2, 0.25) is 0 Å². The van der Waals surface area contributed by atoms with Crippen molar-refractivity contribution in [3.63, 3.8) is 0 Å². The summed E-state index contributed by atoms with van der Waals surface area (Å²) in [7, 11) is 0. The molecule has 10 nitrogen and oxygen atoms in total. The van der Waals surface area contributed by atoms with Crippen molar-refractivity contribution in [2.24, 2.45) is 0 Å². The minimum Gasteiger partial charge on any atom is -0.456 e. The lowest BCUT2D eigenvalue weighted by molar-refractivity contribution is -0.169. The van der Waals surface area contributed by atoms with E-state index >= 15 is 0 Å². The number of hydrogen-bond acceptors (Lipinski definition) is 8. The Balaban J connectivity index is 2.25. The molecule has 47 heavy (non-hydrogen) atoms. The quantitative estimate of drug-likeness (QED) is 0.0401. The number of aliphatic hydroxyl groups is 3. The summed E-state index contributed by atoms with van der Waals surface area (Å²) >= 11 is 0. The standard InChI is InChI=1S/C37H65N3O7/c1-7-8-9-10-11-12-13-14-15-16-17-18-19-20-21-22-27-38-33(43)31(41)37(6,46)32(42)34(44)40-28(2)39-30-25-23-29(24-26-30)35(45)47-36(3,4)5/h23-26,28,31-32,39,41-42,46H,7-22,27H2,1-6H3,(H,38,43)(H,40,44). The predicted molar refractivity (Wildman–Crippen MR) is 188 cm³/mol. The van der Waals surface area contributed by atoms with Gasteiger partial charge in [0.15, 0.2) is 12.2 Å². The molecule has 6 N–H and O–H groups in total. The van der Waals surface area contributed by atoms with E-state index in [0.29, 0.717) is 17.8 Å². The summed E-state index contributed by atoms with van der Waals surface area (Å²) in [4.78, 5) is 37.3. The number of unbranched alkanes of at least 4 members (excludes halogenated alkanes) is 15. The first-order valence-corrected chi connectivity index (χ1v) is 18.0. The fraction of sp³-hybridized carbons (Fsp3) is 0.757. The molecule has 4 atom stereocenters. The van der Waals surface area contributed by atoms with E-state index in [1.165, 1.54) is 77.0 Å². The number of esters is 1. The van der Waals surface area contributed by atoms with Crippen molar-refractivity contribution in [1.82, 2.24) is 10.6 Å². The van der Waals surface area contributed by atoms with Gasteiger partial charge in [0.1, 0.15) is 11.2 Å². The van der Waals surface area contributed by atoms with Crippen LogP contribution in [0.4, 0.5) is 5.69 Å². The number of anilines is 1. The van der Waals surface area contributed by atoms with Crippen molar-refractivity contribution in [3.05, 3.63) is 29.8 Å². The van der Waals surface area contributed by atoms with Gasteiger partial charge in [0, 0.05) is 12.2 Å². The number of rotatable bonds is 25. The third-order valence-corrected chi connectivity index (χ3v) is 8.19. The molecule has 0 spiro atoms. The van der Waals surface area contributed by atoms with Crippen molar-refractivity contribution >= 4 is 23.5 Å². The maximum atomic E-state index is 12.7. The summed E-state index contributed by atoms with van der Waals surface area (Å²) in [6.45, 7) is 10.6. The van der Waals surface area contributed by atoms with E-state index in [0.717, 1.165) is 32.6 Å². The Morgan fingerprint density at radius 1 is 0.702 bits per heavy atom. The average molecular weight is 664 g/mol. The first-order chi connectivity index (χ1) is 22.2. The van der Waals surface area contributed by atoms with Gasteiger partial charge in [-0.2, -0.15) is 0 Å². The largest absolute Gasteiger partial charge is 0.456 e. The zero-order valence-corrected chi connectivity index (χ0v) is 30.0. The average Bonchev–Trinajstić information content (AvgIpc) is 3.01. The molecule has 10 heteroatoms. The molecule has 2 amide bonds. The van der Waals surface area contributed by atoms with Gasteiger partial charge < -0.3 is 36.0 Å². The number of aliphatic hydroxyl groups excluding tert-OH is 2. The molecule has 0 aliphatic heterocycles. The lowest BCUT2D eigenvalue weighted by atomic mass is 9.91. The molecule has 1 aromatic rings. The SMILES string of the molecule is CCCCCCCCCCCCCCCCCCNC(=O)C(O)C(C)(O)C(O)C(=O)NC(C)Nc1ccc(C(=O)OC(C)(C)C)cc1. The van der Waals surface area contributed by atoms with Crippen LogP contribution in [0.5, 0.6) is 0 Å². The molecule has 0 heterocycles. The van der Waals surface area contributed by atoms with Crippen molar-refractivity contribution in [3.8, 4) is 0 Å². The molecule has 0 bridgehead atoms. The first kappa shape index (κ1) is 42.3. The van der Waals surface area contributed by atoms with Gasteiger partial charge in [0.25, 0.3) is 11.8 Å². The molecule has 270 valence electrons. The van der Waals surface area contributed by atoms with Crippen molar-refractivity contribution in [2.75, 3.05) is 11.9 Å². The molecular formula is C37H65N3O7. The molecule has 0 aliphatic rings. The molecule has 1 aromatic carbocycles. The summed E-state index contributed by atoms with van der Waals surface area (Å²) in [5.74, 6) is -2.27. The maximum absolute atomic E-state index is 12.7. The Hall–Kier alpha value is -2.69. The number of nitrogens with one attached hydrogen (secondary N) is 3. The zero-order chi connectivity index (χ0) is 35.3. The highest BCUT2D eigenvalue weighted by Gasteiger charge is 2.45. The second kappa shape index (κ2) is 22.8. The summed E-state index contributed by atoms with van der Waals surface area (Å²) < 4.78 is 5.35. The number of benzene rings is 1. The van der Waals surface area contributed by atoms with Gasteiger partial charge in [-0.15, -0.1) is 0 Å². The predicted octanol–water partition coefficient (Wildman–Crippen LogP) is 6.37. The van der Waals surface area contributed by atoms with Gasteiger partial charge in [-0.1, -0.05) is 103 Å². The van der Waals surface area contributed by atoms with E-state index < -0.39 is 47.4 Å². The molecule has 0 aliphatic carbocycles. The maximum Gasteiger partial charge on any atom is 0.338 e. The third-order valence-electron chi connectivity index (χ3n) is 8.19. The number of hydrogen-bond donors (Lipinski definition) is 6. The number of ether oxygens (including phenoxy) is 1. The van der Waals surface area contributed by atoms with Crippen LogP contribution < -0.4 is 16.0 Å². The summed E-state index contributed by atoms with van der Waals surface area (Å²) in [5, 5.41) is 39.8. The molecule has 1 rings (SSSR count). The van der Waals surface area contributed by atoms with Gasteiger partial charge in [0.2, 0.25) is 0 Å². The van der Waals surface area contributed by atoms with Gasteiger partial charge in [-0.3, -0.25) is 9.59 Å². The van der Waals surface area contributed by atoms with Crippen molar-refractivity contribution in [2.45, 2.75) is 174 Å². The van der Waals surface area contributed by atoms with Crippen LogP contribution in [0.1, 0.15) is 155 Å². The Morgan fingerprint density at radius 2 is 1.13 bits per heavy atom. The normalized spacial score (nSPS) is 14.8. The first-order valence-electron chi connectivity index (χ1n) is 18.0. The van der Waals surface area contributed by atoms with Crippen LogP contribution in [0.25, 0.3) is 0 Å². The van der Waals surface area contributed by atoms with Crippen LogP contribution in [0, 0.1) is 0 Å². The Bertz CT molecular complexity index is 1020. The monoisotopic (exact) mass is 663 g/mol. The minimum absolute atomic E-state index is 0.334. The Labute approximate surface area is 283 Å². The van der Waals surface area contributed by atoms with Crippen LogP contribution in [0.15, 0.2) is 24.3 Å². The summed E-state index contributed by atoms with van der Waals surface area (Å²) in [6.07, 6.45) is 15.2. The molecule has 4 unspecified atom stereocenters. The van der Waals surface area contributed by atoms with Crippen LogP contribution in [0.3, 0.4) is 0 Å². The van der Waals surface area contributed by atoms with E-state index in [-0.39, 0.29) is 0 Å². The van der Waals surface area contributed by atoms with E-state index in [2.05, 4.69) is 22.9 Å². The molecular weight excluding hydrogens is 598 g/mol. The topological polar surface area (TPSA) is 157 Å². The van der Waals surface area contributed by atoms with Crippen LogP contribution >= 0.6 is 0 Å². The number of carbonyl (C=O) groups excluding carboxylic acids is 3.